The Hall–Kier alpha value is -3.10. The summed E-state index contributed by atoms with van der Waals surface area (Å²) < 4.78 is 0. The molecule has 1 aliphatic rings. The summed E-state index contributed by atoms with van der Waals surface area (Å²) >= 11 is 3.26. The molecule has 2 aromatic carbocycles. The molecule has 1 amide bonds. The monoisotopic (exact) mass is 490 g/mol. The van der Waals surface area contributed by atoms with Crippen molar-refractivity contribution in [2.24, 2.45) is 0 Å². The average molecular weight is 491 g/mol. The van der Waals surface area contributed by atoms with Crippen LogP contribution in [-0.2, 0) is 29.9 Å². The van der Waals surface area contributed by atoms with E-state index in [9.17, 15) is 9.59 Å². The standard InChI is InChI=1S/C26H26N4O2S2/c31-23(29-30(19-10-5-2-6-11-19)16-18-8-3-1-4-9-18)14-15-33-17-22-27-25(32)24-20-12-7-13-21(20)34-26(24)28-22/h1-6,8-11H,7,12-17H2,(H,29,31)(H,27,28,32). The quantitative estimate of drug-likeness (QED) is 0.259. The molecule has 4 aromatic rings. The van der Waals surface area contributed by atoms with E-state index in [1.54, 1.807) is 23.1 Å². The number of nitrogens with one attached hydrogen (secondary N) is 2. The van der Waals surface area contributed by atoms with Gasteiger partial charge >= 0.3 is 0 Å². The van der Waals surface area contributed by atoms with Gasteiger partial charge in [-0.15, -0.1) is 11.3 Å². The zero-order valence-electron chi connectivity index (χ0n) is 18.8. The number of rotatable bonds is 9. The third-order valence-corrected chi connectivity index (χ3v) is 8.00. The predicted molar refractivity (Wildman–Crippen MR) is 140 cm³/mol. The molecule has 5 rings (SSSR count). The first-order valence-corrected chi connectivity index (χ1v) is 13.4. The second-order valence-corrected chi connectivity index (χ2v) is 10.5. The molecular weight excluding hydrogens is 464 g/mol. The average Bonchev–Trinajstić information content (AvgIpc) is 3.44. The number of anilines is 1. The Morgan fingerprint density at radius 2 is 1.85 bits per heavy atom. The number of hydrogen-bond donors (Lipinski definition) is 2. The van der Waals surface area contributed by atoms with Crippen molar-refractivity contribution in [3.05, 3.63) is 92.8 Å². The van der Waals surface area contributed by atoms with Gasteiger partial charge in [-0.05, 0) is 42.5 Å². The molecule has 0 spiro atoms. The molecule has 8 heteroatoms. The minimum Gasteiger partial charge on any atom is -0.309 e. The summed E-state index contributed by atoms with van der Waals surface area (Å²) in [5.41, 5.74) is 6.26. The SMILES string of the molecule is O=C(CCSCc1nc2sc3c(c2c(=O)[nH]1)CCC3)NN(Cc1ccccc1)c1ccccc1. The fourth-order valence-corrected chi connectivity index (χ4v) is 6.31. The summed E-state index contributed by atoms with van der Waals surface area (Å²) in [5, 5.41) is 2.66. The molecule has 0 saturated carbocycles. The van der Waals surface area contributed by atoms with Crippen LogP contribution >= 0.6 is 23.1 Å². The highest BCUT2D eigenvalue weighted by Gasteiger charge is 2.21. The fraction of sp³-hybridized carbons (Fsp3) is 0.269. The maximum atomic E-state index is 12.7. The van der Waals surface area contributed by atoms with Crippen LogP contribution in [0.1, 0.15) is 34.7 Å². The third-order valence-electron chi connectivity index (χ3n) is 5.85. The lowest BCUT2D eigenvalue weighted by atomic mass is 10.2. The third kappa shape index (κ3) is 5.18. The van der Waals surface area contributed by atoms with Gasteiger partial charge in [0.15, 0.2) is 0 Å². The number of aromatic amines is 1. The number of fused-ring (bicyclic) bond motifs is 3. The first-order chi connectivity index (χ1) is 16.7. The Morgan fingerprint density at radius 1 is 1.09 bits per heavy atom. The highest BCUT2D eigenvalue weighted by molar-refractivity contribution is 7.98. The molecule has 2 N–H and O–H groups in total. The summed E-state index contributed by atoms with van der Waals surface area (Å²) in [6.45, 7) is 0.583. The molecule has 34 heavy (non-hydrogen) atoms. The van der Waals surface area contributed by atoms with E-state index < -0.39 is 0 Å². The van der Waals surface area contributed by atoms with Crippen molar-refractivity contribution in [1.29, 1.82) is 0 Å². The van der Waals surface area contributed by atoms with Gasteiger partial charge in [0.25, 0.3) is 5.56 Å². The number of thiophene rings is 1. The summed E-state index contributed by atoms with van der Waals surface area (Å²) in [7, 11) is 0. The normalized spacial score (nSPS) is 12.6. The number of carbonyl (C=O) groups excluding carboxylic acids is 1. The van der Waals surface area contributed by atoms with E-state index in [1.807, 2.05) is 65.7 Å². The predicted octanol–water partition coefficient (Wildman–Crippen LogP) is 4.83. The largest absolute Gasteiger partial charge is 0.309 e. The smallest absolute Gasteiger partial charge is 0.259 e. The number of benzene rings is 2. The summed E-state index contributed by atoms with van der Waals surface area (Å²) in [4.78, 5) is 35.1. The van der Waals surface area contributed by atoms with Crippen LogP contribution in [0.15, 0.2) is 65.5 Å². The van der Waals surface area contributed by atoms with Crippen molar-refractivity contribution in [1.82, 2.24) is 15.4 Å². The number of para-hydroxylation sites is 1. The molecule has 0 radical (unpaired) electrons. The van der Waals surface area contributed by atoms with Crippen LogP contribution in [0.4, 0.5) is 5.69 Å². The van der Waals surface area contributed by atoms with Gasteiger partial charge < -0.3 is 4.98 Å². The minimum absolute atomic E-state index is 0.0304. The van der Waals surface area contributed by atoms with Crippen LogP contribution in [0.25, 0.3) is 10.2 Å². The van der Waals surface area contributed by atoms with E-state index in [0.29, 0.717) is 30.3 Å². The Labute approximate surface area is 206 Å². The van der Waals surface area contributed by atoms with Crippen molar-refractivity contribution in [3.63, 3.8) is 0 Å². The lowest BCUT2D eigenvalue weighted by Gasteiger charge is -2.25. The fourth-order valence-electron chi connectivity index (χ4n) is 4.22. The molecule has 0 aliphatic heterocycles. The van der Waals surface area contributed by atoms with Gasteiger partial charge in [-0.3, -0.25) is 20.0 Å². The topological polar surface area (TPSA) is 78.1 Å². The lowest BCUT2D eigenvalue weighted by molar-refractivity contribution is -0.120. The zero-order chi connectivity index (χ0) is 23.3. The van der Waals surface area contributed by atoms with Crippen LogP contribution in [0, 0.1) is 0 Å². The van der Waals surface area contributed by atoms with E-state index >= 15 is 0 Å². The number of aromatic nitrogens is 2. The number of carbonyl (C=O) groups is 1. The number of hydrogen-bond acceptors (Lipinski definition) is 6. The summed E-state index contributed by atoms with van der Waals surface area (Å²) in [5.74, 6) is 1.85. The second kappa shape index (κ2) is 10.4. The molecule has 0 saturated heterocycles. The first-order valence-electron chi connectivity index (χ1n) is 11.4. The van der Waals surface area contributed by atoms with Crippen molar-refractivity contribution in [3.8, 4) is 0 Å². The Kier molecular flexibility index (Phi) is 6.97. The number of thioether (sulfide) groups is 1. The molecule has 1 aliphatic carbocycles. The maximum absolute atomic E-state index is 12.7. The van der Waals surface area contributed by atoms with E-state index in [4.69, 9.17) is 0 Å². The number of nitrogens with zero attached hydrogens (tertiary/aromatic N) is 2. The molecule has 6 nitrogen and oxygen atoms in total. The summed E-state index contributed by atoms with van der Waals surface area (Å²) in [6, 6.07) is 19.9. The Balaban J connectivity index is 1.16. The molecular formula is C26H26N4O2S2. The Bertz CT molecular complexity index is 1340. The molecule has 0 bridgehead atoms. The van der Waals surface area contributed by atoms with Crippen LogP contribution in [0.5, 0.6) is 0 Å². The first kappa shape index (κ1) is 22.7. The van der Waals surface area contributed by atoms with E-state index in [1.165, 1.54) is 10.4 Å². The van der Waals surface area contributed by atoms with Gasteiger partial charge in [-0.1, -0.05) is 48.5 Å². The van der Waals surface area contributed by atoms with Crippen LogP contribution in [0.2, 0.25) is 0 Å². The van der Waals surface area contributed by atoms with Gasteiger partial charge in [0.1, 0.15) is 10.7 Å². The number of H-pyrrole nitrogens is 1. The van der Waals surface area contributed by atoms with E-state index in [-0.39, 0.29) is 11.5 Å². The Morgan fingerprint density at radius 3 is 2.65 bits per heavy atom. The van der Waals surface area contributed by atoms with Crippen molar-refractivity contribution < 1.29 is 4.79 Å². The van der Waals surface area contributed by atoms with Crippen molar-refractivity contribution in [2.45, 2.75) is 38.0 Å². The summed E-state index contributed by atoms with van der Waals surface area (Å²) in [6.07, 6.45) is 3.54. The molecule has 2 aromatic heterocycles. The van der Waals surface area contributed by atoms with Gasteiger partial charge in [-0.25, -0.2) is 4.98 Å². The highest BCUT2D eigenvalue weighted by Crippen LogP contribution is 2.34. The van der Waals surface area contributed by atoms with Gasteiger partial charge in [-0.2, -0.15) is 11.8 Å². The van der Waals surface area contributed by atoms with Crippen molar-refractivity contribution >= 4 is 44.9 Å². The molecule has 0 unspecified atom stereocenters. The molecule has 0 fully saturated rings. The highest BCUT2D eigenvalue weighted by atomic mass is 32.2. The number of aryl methyl sites for hydroxylation is 2. The van der Waals surface area contributed by atoms with E-state index in [2.05, 4.69) is 15.4 Å². The van der Waals surface area contributed by atoms with Crippen molar-refractivity contribution in [2.75, 3.05) is 10.8 Å². The van der Waals surface area contributed by atoms with Gasteiger partial charge in [0.05, 0.1) is 23.4 Å². The molecule has 174 valence electrons. The maximum Gasteiger partial charge on any atom is 0.259 e. The van der Waals surface area contributed by atoms with Crippen LogP contribution in [0.3, 0.4) is 0 Å². The van der Waals surface area contributed by atoms with Crippen LogP contribution in [-0.4, -0.2) is 21.6 Å². The van der Waals surface area contributed by atoms with Gasteiger partial charge in [0, 0.05) is 17.1 Å². The lowest BCUT2D eigenvalue weighted by Crippen LogP contribution is -2.42. The second-order valence-electron chi connectivity index (χ2n) is 8.29. The van der Waals surface area contributed by atoms with Crippen LogP contribution < -0.4 is 16.0 Å². The molecule has 0 atom stereocenters. The number of hydrazine groups is 1. The zero-order valence-corrected chi connectivity index (χ0v) is 20.4. The minimum atomic E-state index is -0.0427. The molecule has 2 heterocycles. The van der Waals surface area contributed by atoms with Gasteiger partial charge in [0.2, 0.25) is 5.91 Å². The number of amides is 1. The van der Waals surface area contributed by atoms with E-state index in [0.717, 1.165) is 40.7 Å².